The number of pyridine rings is 1. The highest BCUT2D eigenvalue weighted by Crippen LogP contribution is 2.23. The molecular formula is C11H6F3IN2. The molecule has 0 unspecified atom stereocenters. The molecule has 2 nitrogen and oxygen atoms in total. The van der Waals surface area contributed by atoms with Gasteiger partial charge in [-0.05, 0) is 34.7 Å². The van der Waals surface area contributed by atoms with Crippen LogP contribution in [0.2, 0.25) is 0 Å². The smallest absolute Gasteiger partial charge is 0.251 e. The fraction of sp³-hybridized carbons (Fsp3) is 0. The quantitative estimate of drug-likeness (QED) is 0.658. The Bertz CT molecular complexity index is 560. The molecule has 2 rings (SSSR count). The molecule has 0 amide bonds. The Labute approximate surface area is 109 Å². The lowest BCUT2D eigenvalue weighted by Crippen LogP contribution is -2.02. The minimum Gasteiger partial charge on any atom is -0.337 e. The zero-order valence-corrected chi connectivity index (χ0v) is 10.5. The first-order valence-corrected chi connectivity index (χ1v) is 5.69. The number of nitrogens with zero attached hydrogens (tertiary/aromatic N) is 1. The summed E-state index contributed by atoms with van der Waals surface area (Å²) in [7, 11) is 0. The van der Waals surface area contributed by atoms with Crippen molar-refractivity contribution in [2.45, 2.75) is 0 Å². The van der Waals surface area contributed by atoms with Crippen LogP contribution in [-0.2, 0) is 0 Å². The first-order chi connectivity index (χ1) is 8.08. The molecule has 0 aliphatic carbocycles. The molecule has 1 heterocycles. The van der Waals surface area contributed by atoms with E-state index in [-0.39, 0.29) is 5.82 Å². The summed E-state index contributed by atoms with van der Waals surface area (Å²) in [5.74, 6) is -3.92. The molecule has 2 aromatic rings. The summed E-state index contributed by atoms with van der Waals surface area (Å²) in [6.07, 6.45) is 0. The molecule has 0 bridgehead atoms. The van der Waals surface area contributed by atoms with Gasteiger partial charge in [0.1, 0.15) is 0 Å². The Kier molecular flexibility index (Phi) is 3.51. The standard InChI is InChI=1S/C11H6F3IN2/c12-6-5-7(13)11(17-10(6)14)16-9-4-2-1-3-8(9)15/h1-5H,(H,16,17). The fourth-order valence-corrected chi connectivity index (χ4v) is 1.74. The van der Waals surface area contributed by atoms with Crippen LogP contribution < -0.4 is 5.32 Å². The second kappa shape index (κ2) is 4.91. The van der Waals surface area contributed by atoms with E-state index in [4.69, 9.17) is 0 Å². The van der Waals surface area contributed by atoms with Crippen LogP contribution in [0.1, 0.15) is 0 Å². The van der Waals surface area contributed by atoms with Gasteiger partial charge in [-0.1, -0.05) is 12.1 Å². The molecule has 0 atom stereocenters. The Morgan fingerprint density at radius 2 is 1.76 bits per heavy atom. The topological polar surface area (TPSA) is 24.9 Å². The molecule has 6 heteroatoms. The molecular weight excluding hydrogens is 344 g/mol. The third kappa shape index (κ3) is 2.68. The summed E-state index contributed by atoms with van der Waals surface area (Å²) < 4.78 is 39.7. The molecule has 0 radical (unpaired) electrons. The fourth-order valence-electron chi connectivity index (χ4n) is 1.22. The van der Waals surface area contributed by atoms with Crippen LogP contribution in [0.4, 0.5) is 24.7 Å². The van der Waals surface area contributed by atoms with Crippen molar-refractivity contribution in [3.05, 3.63) is 51.5 Å². The number of anilines is 2. The molecule has 0 spiro atoms. The van der Waals surface area contributed by atoms with E-state index in [9.17, 15) is 13.2 Å². The SMILES string of the molecule is Fc1cc(F)c(Nc2ccccc2I)nc1F. The lowest BCUT2D eigenvalue weighted by atomic mass is 10.3. The molecule has 0 aliphatic heterocycles. The minimum absolute atomic E-state index is 0.340. The summed E-state index contributed by atoms with van der Waals surface area (Å²) in [5, 5.41) is 2.61. The van der Waals surface area contributed by atoms with E-state index in [1.54, 1.807) is 18.2 Å². The third-order valence-electron chi connectivity index (χ3n) is 2.01. The van der Waals surface area contributed by atoms with Gasteiger partial charge in [0.2, 0.25) is 0 Å². The molecule has 0 aliphatic rings. The second-order valence-corrected chi connectivity index (χ2v) is 4.36. The zero-order chi connectivity index (χ0) is 12.4. The van der Waals surface area contributed by atoms with Crippen LogP contribution >= 0.6 is 22.6 Å². The highest BCUT2D eigenvalue weighted by atomic mass is 127. The second-order valence-electron chi connectivity index (χ2n) is 3.20. The first kappa shape index (κ1) is 12.2. The van der Waals surface area contributed by atoms with Gasteiger partial charge in [-0.15, -0.1) is 0 Å². The minimum atomic E-state index is -1.33. The number of hydrogen-bond donors (Lipinski definition) is 1. The number of aromatic nitrogens is 1. The van der Waals surface area contributed by atoms with Gasteiger partial charge >= 0.3 is 0 Å². The van der Waals surface area contributed by atoms with Crippen molar-refractivity contribution < 1.29 is 13.2 Å². The van der Waals surface area contributed by atoms with Crippen molar-refractivity contribution in [3.63, 3.8) is 0 Å². The van der Waals surface area contributed by atoms with Crippen molar-refractivity contribution in [1.29, 1.82) is 0 Å². The predicted molar refractivity (Wildman–Crippen MR) is 66.6 cm³/mol. The van der Waals surface area contributed by atoms with Crippen molar-refractivity contribution in [2.24, 2.45) is 0 Å². The molecule has 17 heavy (non-hydrogen) atoms. The monoisotopic (exact) mass is 350 g/mol. The summed E-state index contributed by atoms with van der Waals surface area (Å²) in [4.78, 5) is 3.18. The lowest BCUT2D eigenvalue weighted by molar-refractivity contribution is 0.467. The Hall–Kier alpha value is -1.31. The van der Waals surface area contributed by atoms with Crippen molar-refractivity contribution >= 4 is 34.1 Å². The summed E-state index contributed by atoms with van der Waals surface area (Å²) in [6.45, 7) is 0. The van der Waals surface area contributed by atoms with E-state index in [0.717, 1.165) is 3.57 Å². The lowest BCUT2D eigenvalue weighted by Gasteiger charge is -2.08. The number of hydrogen-bond acceptors (Lipinski definition) is 2. The van der Waals surface area contributed by atoms with Crippen LogP contribution in [0.25, 0.3) is 0 Å². The van der Waals surface area contributed by atoms with Crippen molar-refractivity contribution in [2.75, 3.05) is 5.32 Å². The Morgan fingerprint density at radius 1 is 1.06 bits per heavy atom. The summed E-state index contributed by atoms with van der Waals surface area (Å²) in [5.41, 5.74) is 0.575. The molecule has 0 saturated heterocycles. The Balaban J connectivity index is 2.37. The van der Waals surface area contributed by atoms with Crippen LogP contribution in [-0.4, -0.2) is 4.98 Å². The van der Waals surface area contributed by atoms with Gasteiger partial charge in [0, 0.05) is 9.64 Å². The zero-order valence-electron chi connectivity index (χ0n) is 8.35. The number of nitrogens with one attached hydrogen (secondary N) is 1. The van der Waals surface area contributed by atoms with Gasteiger partial charge in [-0.3, -0.25) is 0 Å². The normalized spacial score (nSPS) is 10.4. The molecule has 88 valence electrons. The van der Waals surface area contributed by atoms with Crippen LogP contribution in [0.3, 0.4) is 0 Å². The molecule has 1 aromatic heterocycles. The van der Waals surface area contributed by atoms with Crippen LogP contribution in [0.5, 0.6) is 0 Å². The van der Waals surface area contributed by atoms with Gasteiger partial charge in [0.05, 0.1) is 5.69 Å². The molecule has 0 fully saturated rings. The highest BCUT2D eigenvalue weighted by molar-refractivity contribution is 14.1. The molecule has 0 saturated carbocycles. The van der Waals surface area contributed by atoms with Gasteiger partial charge in [0.25, 0.3) is 5.95 Å². The summed E-state index contributed by atoms with van der Waals surface area (Å²) in [6, 6.07) is 7.48. The number of benzene rings is 1. The van der Waals surface area contributed by atoms with Gasteiger partial charge < -0.3 is 5.32 Å². The van der Waals surface area contributed by atoms with E-state index in [1.807, 2.05) is 28.7 Å². The van der Waals surface area contributed by atoms with Gasteiger partial charge in [-0.25, -0.2) is 8.78 Å². The average Bonchev–Trinajstić information content (AvgIpc) is 2.29. The maximum absolute atomic E-state index is 13.3. The maximum Gasteiger partial charge on any atom is 0.251 e. The number of para-hydroxylation sites is 1. The molecule has 1 N–H and O–H groups in total. The van der Waals surface area contributed by atoms with Gasteiger partial charge in [-0.2, -0.15) is 9.37 Å². The average molecular weight is 350 g/mol. The molecule has 1 aromatic carbocycles. The van der Waals surface area contributed by atoms with Crippen molar-refractivity contribution in [3.8, 4) is 0 Å². The van der Waals surface area contributed by atoms with E-state index in [0.29, 0.717) is 11.8 Å². The first-order valence-electron chi connectivity index (χ1n) is 4.61. The van der Waals surface area contributed by atoms with Crippen LogP contribution in [0.15, 0.2) is 30.3 Å². The highest BCUT2D eigenvalue weighted by Gasteiger charge is 2.12. The van der Waals surface area contributed by atoms with Crippen LogP contribution in [0, 0.1) is 21.2 Å². The van der Waals surface area contributed by atoms with Crippen molar-refractivity contribution in [1.82, 2.24) is 4.98 Å². The number of rotatable bonds is 2. The predicted octanol–water partition coefficient (Wildman–Crippen LogP) is 3.85. The van der Waals surface area contributed by atoms with E-state index in [1.165, 1.54) is 0 Å². The van der Waals surface area contributed by atoms with E-state index < -0.39 is 17.6 Å². The van der Waals surface area contributed by atoms with Gasteiger partial charge in [0.15, 0.2) is 17.5 Å². The van der Waals surface area contributed by atoms with E-state index in [2.05, 4.69) is 10.3 Å². The maximum atomic E-state index is 13.3. The summed E-state index contributed by atoms with van der Waals surface area (Å²) >= 11 is 2.03. The largest absolute Gasteiger partial charge is 0.337 e. The van der Waals surface area contributed by atoms with E-state index >= 15 is 0 Å². The Morgan fingerprint density at radius 3 is 2.47 bits per heavy atom. The third-order valence-corrected chi connectivity index (χ3v) is 2.95. The number of halogens is 4.